The first-order chi connectivity index (χ1) is 10.1. The molecule has 3 rings (SSSR count). The molecule has 0 saturated carbocycles. The Labute approximate surface area is 118 Å². The standard InChI is InChI=1S/C12H12N6O3/c1-8-10(11(19)20)13-15-17(8)6-7-18-12(21)16-5-3-2-4-9(16)14-18/h2-5H,6-7H2,1H3,(H,19,20). The van der Waals surface area contributed by atoms with Crippen LogP contribution in [0.5, 0.6) is 0 Å². The SMILES string of the molecule is Cc1c(C(=O)O)nnn1CCn1nc2ccccn2c1=O. The minimum absolute atomic E-state index is 0.0858. The molecule has 0 aliphatic carbocycles. The Morgan fingerprint density at radius 3 is 2.71 bits per heavy atom. The highest BCUT2D eigenvalue weighted by Gasteiger charge is 2.15. The van der Waals surface area contributed by atoms with E-state index in [4.69, 9.17) is 5.11 Å². The smallest absolute Gasteiger partial charge is 0.358 e. The zero-order valence-electron chi connectivity index (χ0n) is 11.2. The van der Waals surface area contributed by atoms with Gasteiger partial charge in [-0.25, -0.2) is 19.0 Å². The molecule has 21 heavy (non-hydrogen) atoms. The first kappa shape index (κ1) is 13.0. The van der Waals surface area contributed by atoms with Crippen LogP contribution in [0.15, 0.2) is 29.2 Å². The van der Waals surface area contributed by atoms with Crippen molar-refractivity contribution in [3.63, 3.8) is 0 Å². The van der Waals surface area contributed by atoms with Crippen LogP contribution in [-0.2, 0) is 13.1 Å². The number of aromatic carboxylic acids is 1. The predicted octanol–water partition coefficient (Wildman–Crippen LogP) is -0.206. The Morgan fingerprint density at radius 2 is 2.05 bits per heavy atom. The van der Waals surface area contributed by atoms with Gasteiger partial charge in [0.2, 0.25) is 0 Å². The van der Waals surface area contributed by atoms with Gasteiger partial charge in [-0.2, -0.15) is 0 Å². The molecular formula is C12H12N6O3. The van der Waals surface area contributed by atoms with Crippen molar-refractivity contribution in [3.8, 4) is 0 Å². The molecule has 108 valence electrons. The summed E-state index contributed by atoms with van der Waals surface area (Å²) in [4.78, 5) is 23.0. The van der Waals surface area contributed by atoms with E-state index >= 15 is 0 Å². The lowest BCUT2D eigenvalue weighted by Gasteiger charge is -2.02. The van der Waals surface area contributed by atoms with Gasteiger partial charge in [0.15, 0.2) is 11.3 Å². The van der Waals surface area contributed by atoms with Crippen LogP contribution in [0.2, 0.25) is 0 Å². The van der Waals surface area contributed by atoms with E-state index < -0.39 is 5.97 Å². The van der Waals surface area contributed by atoms with Crippen molar-refractivity contribution in [1.29, 1.82) is 0 Å². The molecule has 9 nitrogen and oxygen atoms in total. The van der Waals surface area contributed by atoms with Gasteiger partial charge in [-0.3, -0.25) is 4.40 Å². The molecule has 0 unspecified atom stereocenters. The summed E-state index contributed by atoms with van der Waals surface area (Å²) in [6.45, 7) is 2.22. The first-order valence-electron chi connectivity index (χ1n) is 6.25. The molecule has 0 saturated heterocycles. The van der Waals surface area contributed by atoms with Gasteiger partial charge in [-0.1, -0.05) is 11.3 Å². The van der Waals surface area contributed by atoms with Gasteiger partial charge in [-0.15, -0.1) is 10.2 Å². The van der Waals surface area contributed by atoms with E-state index in [9.17, 15) is 9.59 Å². The maximum absolute atomic E-state index is 12.1. The minimum atomic E-state index is -1.12. The van der Waals surface area contributed by atoms with Crippen molar-refractivity contribution < 1.29 is 9.90 Å². The number of aryl methyl sites for hydroxylation is 2. The van der Waals surface area contributed by atoms with Gasteiger partial charge >= 0.3 is 11.7 Å². The van der Waals surface area contributed by atoms with Gasteiger partial charge in [0, 0.05) is 6.20 Å². The summed E-state index contributed by atoms with van der Waals surface area (Å²) in [6, 6.07) is 5.29. The van der Waals surface area contributed by atoms with Crippen LogP contribution >= 0.6 is 0 Å². The summed E-state index contributed by atoms with van der Waals surface area (Å²) < 4.78 is 4.20. The third kappa shape index (κ3) is 2.18. The summed E-state index contributed by atoms with van der Waals surface area (Å²) >= 11 is 0. The normalized spacial score (nSPS) is 11.1. The topological polar surface area (TPSA) is 107 Å². The number of rotatable bonds is 4. The third-order valence-corrected chi connectivity index (χ3v) is 3.20. The molecular weight excluding hydrogens is 276 g/mol. The van der Waals surface area contributed by atoms with E-state index in [1.165, 1.54) is 13.8 Å². The number of nitrogens with zero attached hydrogens (tertiary/aromatic N) is 6. The molecule has 0 fully saturated rings. The highest BCUT2D eigenvalue weighted by atomic mass is 16.4. The summed E-state index contributed by atoms with van der Waals surface area (Å²) in [6.07, 6.45) is 1.64. The molecule has 3 heterocycles. The van der Waals surface area contributed by atoms with Crippen LogP contribution in [-0.4, -0.2) is 40.3 Å². The minimum Gasteiger partial charge on any atom is -0.476 e. The molecule has 0 spiro atoms. The number of hydrogen-bond donors (Lipinski definition) is 1. The molecule has 0 bridgehead atoms. The fraction of sp³-hybridized carbons (Fsp3) is 0.250. The zero-order chi connectivity index (χ0) is 15.0. The summed E-state index contributed by atoms with van der Waals surface area (Å²) in [5.41, 5.74) is 0.669. The quantitative estimate of drug-likeness (QED) is 0.712. The highest BCUT2D eigenvalue weighted by Crippen LogP contribution is 2.03. The zero-order valence-corrected chi connectivity index (χ0v) is 11.2. The van der Waals surface area contributed by atoms with E-state index in [0.29, 0.717) is 17.9 Å². The second-order valence-corrected chi connectivity index (χ2v) is 4.49. The lowest BCUT2D eigenvalue weighted by Crippen LogP contribution is -2.23. The van der Waals surface area contributed by atoms with Gasteiger partial charge < -0.3 is 5.11 Å². The highest BCUT2D eigenvalue weighted by molar-refractivity contribution is 5.86. The van der Waals surface area contributed by atoms with Crippen LogP contribution < -0.4 is 5.69 Å². The molecule has 3 aromatic heterocycles. The number of carbonyl (C=O) groups is 1. The van der Waals surface area contributed by atoms with Crippen molar-refractivity contribution in [3.05, 3.63) is 46.3 Å². The number of aromatic nitrogens is 6. The monoisotopic (exact) mass is 288 g/mol. The Hall–Kier alpha value is -2.97. The van der Waals surface area contributed by atoms with E-state index in [0.717, 1.165) is 0 Å². The van der Waals surface area contributed by atoms with Crippen molar-refractivity contribution in [2.75, 3.05) is 0 Å². The molecule has 0 radical (unpaired) electrons. The Kier molecular flexibility index (Phi) is 3.01. The Morgan fingerprint density at radius 1 is 1.29 bits per heavy atom. The van der Waals surface area contributed by atoms with Gasteiger partial charge in [0.25, 0.3) is 0 Å². The lowest BCUT2D eigenvalue weighted by molar-refractivity contribution is 0.0689. The molecule has 9 heteroatoms. The van der Waals surface area contributed by atoms with Gasteiger partial charge in [0.1, 0.15) is 0 Å². The summed E-state index contributed by atoms with van der Waals surface area (Å²) in [7, 11) is 0. The van der Waals surface area contributed by atoms with Crippen LogP contribution in [0.3, 0.4) is 0 Å². The van der Waals surface area contributed by atoms with E-state index in [1.54, 1.807) is 31.3 Å². The van der Waals surface area contributed by atoms with Crippen molar-refractivity contribution in [2.24, 2.45) is 0 Å². The average molecular weight is 288 g/mol. The molecule has 0 atom stereocenters. The summed E-state index contributed by atoms with van der Waals surface area (Å²) in [5, 5.41) is 20.5. The van der Waals surface area contributed by atoms with E-state index in [1.807, 2.05) is 0 Å². The first-order valence-corrected chi connectivity index (χ1v) is 6.25. The Balaban J connectivity index is 1.85. The number of carboxylic acids is 1. The van der Waals surface area contributed by atoms with Crippen LogP contribution in [0, 0.1) is 6.92 Å². The molecule has 0 aliphatic rings. The van der Waals surface area contributed by atoms with Crippen molar-refractivity contribution >= 4 is 11.6 Å². The number of carboxylic acid groups (broad SMARTS) is 1. The predicted molar refractivity (Wildman–Crippen MR) is 71.2 cm³/mol. The molecule has 0 amide bonds. The molecule has 0 aliphatic heterocycles. The van der Waals surface area contributed by atoms with Crippen molar-refractivity contribution in [2.45, 2.75) is 20.0 Å². The largest absolute Gasteiger partial charge is 0.476 e. The molecule has 1 N–H and O–H groups in total. The Bertz CT molecular complexity index is 875. The van der Waals surface area contributed by atoms with Crippen LogP contribution in [0.4, 0.5) is 0 Å². The second kappa shape index (κ2) is 4.85. The maximum Gasteiger partial charge on any atom is 0.358 e. The maximum atomic E-state index is 12.1. The second-order valence-electron chi connectivity index (χ2n) is 4.49. The van der Waals surface area contributed by atoms with E-state index in [-0.39, 0.29) is 17.9 Å². The van der Waals surface area contributed by atoms with Crippen molar-refractivity contribution in [1.82, 2.24) is 29.2 Å². The number of fused-ring (bicyclic) bond motifs is 1. The fourth-order valence-electron chi connectivity index (χ4n) is 2.07. The average Bonchev–Trinajstić information content (AvgIpc) is 2.98. The molecule has 0 aromatic carbocycles. The van der Waals surface area contributed by atoms with E-state index in [2.05, 4.69) is 15.4 Å². The van der Waals surface area contributed by atoms with Gasteiger partial charge in [-0.05, 0) is 19.1 Å². The van der Waals surface area contributed by atoms with Gasteiger partial charge in [0.05, 0.1) is 18.8 Å². The number of pyridine rings is 1. The fourth-order valence-corrected chi connectivity index (χ4v) is 2.07. The third-order valence-electron chi connectivity index (χ3n) is 3.20. The number of hydrogen-bond acceptors (Lipinski definition) is 5. The summed E-state index contributed by atoms with van der Waals surface area (Å²) in [5.74, 6) is -1.12. The van der Waals surface area contributed by atoms with Crippen LogP contribution in [0.1, 0.15) is 16.2 Å². The lowest BCUT2D eigenvalue weighted by atomic mass is 10.3. The molecule has 3 aromatic rings. The van der Waals surface area contributed by atoms with Crippen LogP contribution in [0.25, 0.3) is 5.65 Å².